The number of para-hydroxylation sites is 1. The molecule has 0 unspecified atom stereocenters. The average molecular weight is 488 g/mol. The lowest BCUT2D eigenvalue weighted by Gasteiger charge is -2.06. The van der Waals surface area contributed by atoms with Crippen LogP contribution in [0.3, 0.4) is 0 Å². The fourth-order valence-corrected chi connectivity index (χ4v) is 4.21. The molecule has 4 aromatic rings. The fraction of sp³-hybridized carbons (Fsp3) is 0.143. The second-order valence-electron chi connectivity index (χ2n) is 7.99. The quantitative estimate of drug-likeness (QED) is 0.171. The van der Waals surface area contributed by atoms with Crippen molar-refractivity contribution in [2.45, 2.75) is 19.4 Å². The van der Waals surface area contributed by atoms with Crippen LogP contribution in [-0.4, -0.2) is 17.0 Å². The first-order chi connectivity index (χ1) is 16.5. The van der Waals surface area contributed by atoms with Gasteiger partial charge in [-0.05, 0) is 48.2 Å². The molecule has 3 aromatic carbocycles. The Morgan fingerprint density at radius 2 is 1.74 bits per heavy atom. The molecule has 34 heavy (non-hydrogen) atoms. The molecule has 170 valence electrons. The van der Waals surface area contributed by atoms with E-state index in [0.29, 0.717) is 23.1 Å². The molecule has 0 radical (unpaired) electrons. The Morgan fingerprint density at radius 3 is 2.50 bits per heavy atom. The third-order valence-corrected chi connectivity index (χ3v) is 6.33. The van der Waals surface area contributed by atoms with E-state index in [9.17, 15) is 10.1 Å². The van der Waals surface area contributed by atoms with Gasteiger partial charge in [0.2, 0.25) is 0 Å². The SMILES string of the molecule is N#C/C(=C/c1cn(Cc2ccc(Cl)c(Cl)c2)c2ccccc12)C(=O)NCCCc1ccccc1. The Hall–Kier alpha value is -3.52. The van der Waals surface area contributed by atoms with Gasteiger partial charge in [0.1, 0.15) is 11.6 Å². The minimum Gasteiger partial charge on any atom is -0.351 e. The summed E-state index contributed by atoms with van der Waals surface area (Å²) in [5.41, 5.74) is 4.12. The van der Waals surface area contributed by atoms with Crippen LogP contribution < -0.4 is 5.32 Å². The molecule has 6 heteroatoms. The molecule has 1 N–H and O–H groups in total. The minimum absolute atomic E-state index is 0.0807. The highest BCUT2D eigenvalue weighted by Crippen LogP contribution is 2.27. The monoisotopic (exact) mass is 487 g/mol. The summed E-state index contributed by atoms with van der Waals surface area (Å²) >= 11 is 12.2. The summed E-state index contributed by atoms with van der Waals surface area (Å²) in [4.78, 5) is 12.7. The van der Waals surface area contributed by atoms with Crippen LogP contribution >= 0.6 is 23.2 Å². The first kappa shape index (κ1) is 23.6. The van der Waals surface area contributed by atoms with Crippen molar-refractivity contribution < 1.29 is 4.79 Å². The molecule has 1 amide bonds. The van der Waals surface area contributed by atoms with Gasteiger partial charge in [0, 0.05) is 35.8 Å². The minimum atomic E-state index is -0.364. The highest BCUT2D eigenvalue weighted by Gasteiger charge is 2.13. The summed E-state index contributed by atoms with van der Waals surface area (Å²) in [6.45, 7) is 1.09. The van der Waals surface area contributed by atoms with Gasteiger partial charge in [-0.25, -0.2) is 0 Å². The predicted molar refractivity (Wildman–Crippen MR) is 139 cm³/mol. The van der Waals surface area contributed by atoms with Crippen molar-refractivity contribution in [1.82, 2.24) is 9.88 Å². The van der Waals surface area contributed by atoms with Crippen molar-refractivity contribution in [3.05, 3.63) is 111 Å². The second-order valence-corrected chi connectivity index (χ2v) is 8.81. The number of halogens is 2. The Labute approximate surface area is 209 Å². The molecule has 0 saturated carbocycles. The van der Waals surface area contributed by atoms with Crippen LogP contribution in [0.5, 0.6) is 0 Å². The highest BCUT2D eigenvalue weighted by atomic mass is 35.5. The third kappa shape index (κ3) is 5.69. The van der Waals surface area contributed by atoms with Crippen LogP contribution in [0.4, 0.5) is 0 Å². The van der Waals surface area contributed by atoms with Crippen LogP contribution in [0, 0.1) is 11.3 Å². The van der Waals surface area contributed by atoms with Crippen molar-refractivity contribution >= 4 is 46.1 Å². The van der Waals surface area contributed by atoms with E-state index >= 15 is 0 Å². The largest absolute Gasteiger partial charge is 0.351 e. The van der Waals surface area contributed by atoms with Gasteiger partial charge in [-0.3, -0.25) is 4.79 Å². The van der Waals surface area contributed by atoms with Gasteiger partial charge >= 0.3 is 0 Å². The summed E-state index contributed by atoms with van der Waals surface area (Å²) in [6, 6.07) is 25.6. The summed E-state index contributed by atoms with van der Waals surface area (Å²) < 4.78 is 2.08. The first-order valence-corrected chi connectivity index (χ1v) is 11.8. The number of aryl methyl sites for hydroxylation is 1. The maximum atomic E-state index is 12.7. The van der Waals surface area contributed by atoms with E-state index in [1.165, 1.54) is 5.56 Å². The standard InChI is InChI=1S/C28H23Cl2N3O/c29-25-13-12-21(15-26(25)30)18-33-19-23(24-10-4-5-11-27(24)33)16-22(17-31)28(34)32-14-6-9-20-7-2-1-3-8-20/h1-5,7-8,10-13,15-16,19H,6,9,14,18H2,(H,32,34)/b22-16-. The molecule has 0 aliphatic heterocycles. The number of fused-ring (bicyclic) bond motifs is 1. The number of amides is 1. The van der Waals surface area contributed by atoms with Crippen LogP contribution in [0.15, 0.2) is 84.6 Å². The molecule has 0 spiro atoms. The van der Waals surface area contributed by atoms with E-state index in [4.69, 9.17) is 23.2 Å². The second kappa shape index (κ2) is 11.1. The zero-order valence-corrected chi connectivity index (χ0v) is 20.0. The highest BCUT2D eigenvalue weighted by molar-refractivity contribution is 6.42. The van der Waals surface area contributed by atoms with Crippen molar-refractivity contribution in [2.24, 2.45) is 0 Å². The lowest BCUT2D eigenvalue weighted by Crippen LogP contribution is -2.25. The number of benzene rings is 3. The Morgan fingerprint density at radius 1 is 0.971 bits per heavy atom. The van der Waals surface area contributed by atoms with Crippen LogP contribution in [-0.2, 0) is 17.8 Å². The molecule has 0 aliphatic carbocycles. The van der Waals surface area contributed by atoms with Gasteiger partial charge in [0.05, 0.1) is 10.0 Å². The number of carbonyl (C=O) groups excluding carboxylic acids is 1. The number of nitrogens with one attached hydrogen (secondary N) is 1. The summed E-state index contributed by atoms with van der Waals surface area (Å²) in [5.74, 6) is -0.364. The maximum absolute atomic E-state index is 12.7. The average Bonchev–Trinajstić information content (AvgIpc) is 3.20. The van der Waals surface area contributed by atoms with Gasteiger partial charge in [0.15, 0.2) is 0 Å². The van der Waals surface area contributed by atoms with Gasteiger partial charge in [0.25, 0.3) is 5.91 Å². The van der Waals surface area contributed by atoms with Gasteiger partial charge in [-0.1, -0.05) is 77.8 Å². The van der Waals surface area contributed by atoms with E-state index in [-0.39, 0.29) is 11.5 Å². The maximum Gasteiger partial charge on any atom is 0.261 e. The Balaban J connectivity index is 1.51. The van der Waals surface area contributed by atoms with Crippen molar-refractivity contribution in [1.29, 1.82) is 5.26 Å². The van der Waals surface area contributed by atoms with Gasteiger partial charge in [-0.15, -0.1) is 0 Å². The number of nitrogens with zero attached hydrogens (tertiary/aromatic N) is 2. The molecule has 1 heterocycles. The fourth-order valence-electron chi connectivity index (χ4n) is 3.89. The number of carbonyl (C=O) groups is 1. The van der Waals surface area contributed by atoms with E-state index in [0.717, 1.165) is 34.9 Å². The van der Waals surface area contributed by atoms with Crippen LogP contribution in [0.25, 0.3) is 17.0 Å². The van der Waals surface area contributed by atoms with Crippen molar-refractivity contribution in [2.75, 3.05) is 6.54 Å². The summed E-state index contributed by atoms with van der Waals surface area (Å²) in [7, 11) is 0. The zero-order valence-electron chi connectivity index (χ0n) is 18.5. The Bertz CT molecular complexity index is 1380. The van der Waals surface area contributed by atoms with E-state index < -0.39 is 0 Å². The molecule has 4 rings (SSSR count). The van der Waals surface area contributed by atoms with Crippen LogP contribution in [0.2, 0.25) is 10.0 Å². The predicted octanol–water partition coefficient (Wildman–Crippen LogP) is 6.65. The molecule has 0 fully saturated rings. The summed E-state index contributed by atoms with van der Waals surface area (Å²) in [5, 5.41) is 14.5. The summed E-state index contributed by atoms with van der Waals surface area (Å²) in [6.07, 6.45) is 5.28. The number of hydrogen-bond donors (Lipinski definition) is 1. The molecule has 0 aliphatic rings. The van der Waals surface area contributed by atoms with Crippen molar-refractivity contribution in [3.63, 3.8) is 0 Å². The van der Waals surface area contributed by atoms with Crippen LogP contribution in [0.1, 0.15) is 23.1 Å². The first-order valence-electron chi connectivity index (χ1n) is 11.0. The lowest BCUT2D eigenvalue weighted by atomic mass is 10.1. The molecular formula is C28H23Cl2N3O. The smallest absolute Gasteiger partial charge is 0.261 e. The molecule has 4 nitrogen and oxygen atoms in total. The van der Waals surface area contributed by atoms with E-state index in [2.05, 4.69) is 28.1 Å². The van der Waals surface area contributed by atoms with E-state index in [1.807, 2.05) is 60.8 Å². The number of aromatic nitrogens is 1. The Kier molecular flexibility index (Phi) is 7.69. The van der Waals surface area contributed by atoms with Crippen molar-refractivity contribution in [3.8, 4) is 6.07 Å². The lowest BCUT2D eigenvalue weighted by molar-refractivity contribution is -0.117. The number of hydrogen-bond acceptors (Lipinski definition) is 2. The molecule has 0 saturated heterocycles. The zero-order chi connectivity index (χ0) is 23.9. The number of nitriles is 1. The molecule has 1 aromatic heterocycles. The normalized spacial score (nSPS) is 11.4. The topological polar surface area (TPSA) is 57.8 Å². The van der Waals surface area contributed by atoms with Gasteiger partial charge in [-0.2, -0.15) is 5.26 Å². The van der Waals surface area contributed by atoms with E-state index in [1.54, 1.807) is 12.1 Å². The molecule has 0 bridgehead atoms. The molecule has 0 atom stereocenters. The molecular weight excluding hydrogens is 465 g/mol. The van der Waals surface area contributed by atoms with Gasteiger partial charge < -0.3 is 9.88 Å². The third-order valence-electron chi connectivity index (χ3n) is 5.59. The number of rotatable bonds is 8.